The van der Waals surface area contributed by atoms with Gasteiger partial charge in [-0.15, -0.1) is 0 Å². The average Bonchev–Trinajstić information content (AvgIpc) is 3.30. The Hall–Kier alpha value is -4.59. The highest BCUT2D eigenvalue weighted by atomic mass is 16.4. The zero-order chi connectivity index (χ0) is 46.1. The molecule has 5 aliphatic carbocycles. The monoisotopic (exact) mass is 900 g/mol. The molecule has 0 unspecified atom stereocenters. The first-order valence-electron chi connectivity index (χ1n) is 24.6. The second-order valence-electron chi connectivity index (χ2n) is 18.7. The Morgan fingerprint density at radius 3 is 1.02 bits per heavy atom. The summed E-state index contributed by atoms with van der Waals surface area (Å²) in [6.45, 7) is 0. The van der Waals surface area contributed by atoms with Gasteiger partial charge in [0, 0.05) is 23.2 Å². The highest BCUT2D eigenvalue weighted by molar-refractivity contribution is 6.16. The molecule has 12 nitrogen and oxygen atoms in total. The van der Waals surface area contributed by atoms with Gasteiger partial charge in [-0.1, -0.05) is 131 Å². The van der Waals surface area contributed by atoms with Crippen LogP contribution >= 0.6 is 0 Å². The Morgan fingerprint density at radius 1 is 0.446 bits per heavy atom. The van der Waals surface area contributed by atoms with Crippen molar-refractivity contribution in [3.63, 3.8) is 0 Å². The number of rotatable bonds is 4. The number of nitrogens with two attached hydrogens (primary N) is 1. The summed E-state index contributed by atoms with van der Waals surface area (Å²) in [7, 11) is 0. The molecule has 4 aromatic rings. The van der Waals surface area contributed by atoms with E-state index in [0.29, 0.717) is 27.9 Å². The molecule has 4 aromatic carbocycles. The normalized spacial score (nSPS) is 18.4. The summed E-state index contributed by atoms with van der Waals surface area (Å²) in [6.07, 6.45) is 32.2. The van der Waals surface area contributed by atoms with Crippen molar-refractivity contribution < 1.29 is 52.4 Å². The van der Waals surface area contributed by atoms with Crippen LogP contribution in [0.1, 0.15) is 181 Å². The first-order chi connectivity index (χ1) is 30.9. The Bertz CT molecular complexity index is 1820. The zero-order valence-corrected chi connectivity index (χ0v) is 39.1. The van der Waals surface area contributed by atoms with Crippen LogP contribution in [0.3, 0.4) is 0 Å². The molecule has 0 radical (unpaired) electrons. The fourth-order valence-electron chi connectivity index (χ4n) is 9.53. The number of amides is 1. The van der Waals surface area contributed by atoms with E-state index in [1.807, 2.05) is 24.3 Å². The maximum absolute atomic E-state index is 11.8. The Kier molecular flexibility index (Phi) is 25.8. The number of carboxylic acid groups (broad SMARTS) is 3. The molecule has 14 N–H and O–H groups in total. The average molecular weight is 900 g/mol. The van der Waals surface area contributed by atoms with Crippen molar-refractivity contribution in [1.29, 1.82) is 0 Å². The molecule has 0 atom stereocenters. The van der Waals surface area contributed by atoms with E-state index in [1.54, 1.807) is 36.4 Å². The highest BCUT2D eigenvalue weighted by Crippen LogP contribution is 2.39. The van der Waals surface area contributed by atoms with Gasteiger partial charge in [0.25, 0.3) is 0 Å². The lowest BCUT2D eigenvalue weighted by Crippen LogP contribution is -2.61. The van der Waals surface area contributed by atoms with Gasteiger partial charge in [-0.05, 0) is 135 Å². The molecule has 12 heteroatoms. The zero-order valence-electron chi connectivity index (χ0n) is 39.1. The smallest absolute Gasteiger partial charge is 0.134 e. The SMILES string of the molecule is NC1CCCCC1.O.O=C([O-])NC1CCCCC1.O=C([O-])c1ccc2ccccc2c1-c1c(C(=O)[O-])ccc2ccccc12.[NH3+]C1CCCCC1.[NH3+]C1CCCCC1.[NH3+]C1CCCCC1. The van der Waals surface area contributed by atoms with Crippen molar-refractivity contribution in [3.05, 3.63) is 83.9 Å². The van der Waals surface area contributed by atoms with Gasteiger partial charge < -0.3 is 63.4 Å². The van der Waals surface area contributed by atoms with E-state index >= 15 is 0 Å². The number of benzene rings is 4. The lowest BCUT2D eigenvalue weighted by molar-refractivity contribution is -0.425. The number of nitrogens with one attached hydrogen (secondary N) is 1. The van der Waals surface area contributed by atoms with E-state index in [1.165, 1.54) is 147 Å². The molecule has 0 bridgehead atoms. The summed E-state index contributed by atoms with van der Waals surface area (Å²) in [6, 6.07) is 23.8. The van der Waals surface area contributed by atoms with Crippen LogP contribution in [0.4, 0.5) is 4.79 Å². The lowest BCUT2D eigenvalue weighted by atomic mass is 9.87. The third kappa shape index (κ3) is 19.8. The molecule has 1 amide bonds. The first-order valence-corrected chi connectivity index (χ1v) is 24.6. The van der Waals surface area contributed by atoms with Crippen LogP contribution in [0, 0.1) is 0 Å². The summed E-state index contributed by atoms with van der Waals surface area (Å²) in [4.78, 5) is 33.6. The predicted octanol–water partition coefficient (Wildman–Crippen LogP) is 4.78. The van der Waals surface area contributed by atoms with E-state index in [2.05, 4.69) is 22.5 Å². The van der Waals surface area contributed by atoms with Crippen molar-refractivity contribution in [3.8, 4) is 11.1 Å². The molecule has 0 saturated heterocycles. The summed E-state index contributed by atoms with van der Waals surface area (Å²) in [5.74, 6) is -2.72. The number of aromatic carboxylic acids is 2. The number of carbonyl (C=O) groups is 3. The van der Waals surface area contributed by atoms with E-state index in [9.17, 15) is 29.7 Å². The summed E-state index contributed by atoms with van der Waals surface area (Å²) in [5, 5.41) is 38.9. The quantitative estimate of drug-likeness (QED) is 0.191. The van der Waals surface area contributed by atoms with E-state index in [4.69, 9.17) is 5.73 Å². The van der Waals surface area contributed by atoms with E-state index in [0.717, 1.165) is 54.6 Å². The number of quaternary nitrogens is 3. The molecule has 0 heterocycles. The van der Waals surface area contributed by atoms with E-state index in [-0.39, 0.29) is 22.6 Å². The summed E-state index contributed by atoms with van der Waals surface area (Å²) < 4.78 is 0. The van der Waals surface area contributed by atoms with E-state index < -0.39 is 18.0 Å². The van der Waals surface area contributed by atoms with Gasteiger partial charge in [0.2, 0.25) is 0 Å². The second kappa shape index (κ2) is 30.6. The van der Waals surface area contributed by atoms with Crippen LogP contribution in [0.2, 0.25) is 0 Å². The molecule has 5 saturated carbocycles. The van der Waals surface area contributed by atoms with Crippen molar-refractivity contribution in [1.82, 2.24) is 5.32 Å². The minimum absolute atomic E-state index is 0. The molecular weight excluding hydrogens is 819 g/mol. The van der Waals surface area contributed by atoms with Gasteiger partial charge >= 0.3 is 0 Å². The van der Waals surface area contributed by atoms with Gasteiger partial charge in [-0.3, -0.25) is 0 Å². The standard InChI is InChI=1S/C22H14O4.C7H13NO2.4C6H13N.H2O/c23-21(24)17-11-9-13-5-1-3-7-15(13)19(17)20-16-8-4-2-6-14(16)10-12-18(20)22(25)26;9-7(10)8-6-4-2-1-3-5-6;4*7-6-4-2-1-3-5-6;/h1-12H,(H,23,24)(H,25,26);6,8H,1-5H2,(H,9,10);4*6H,1-5,7H2;1H2. The Balaban J connectivity index is 0.000000236. The molecule has 5 aliphatic rings. The Morgan fingerprint density at radius 2 is 0.754 bits per heavy atom. The van der Waals surface area contributed by atoms with Crippen molar-refractivity contribution in [2.24, 2.45) is 5.73 Å². The van der Waals surface area contributed by atoms with Gasteiger partial charge in [0.1, 0.15) is 6.09 Å². The highest BCUT2D eigenvalue weighted by Gasteiger charge is 2.18. The fraction of sp³-hybridized carbons (Fsp3) is 0.566. The number of fused-ring (bicyclic) bond motifs is 2. The molecule has 65 heavy (non-hydrogen) atoms. The van der Waals surface area contributed by atoms with Gasteiger partial charge in [-0.25, -0.2) is 0 Å². The Labute approximate surface area is 387 Å². The molecule has 360 valence electrons. The summed E-state index contributed by atoms with van der Waals surface area (Å²) >= 11 is 0. The summed E-state index contributed by atoms with van der Waals surface area (Å²) in [5.41, 5.74) is 18.2. The minimum Gasteiger partial charge on any atom is -0.545 e. The third-order valence-electron chi connectivity index (χ3n) is 13.3. The molecular formula is C53H81N5O7. The fourth-order valence-corrected chi connectivity index (χ4v) is 9.53. The maximum atomic E-state index is 11.8. The van der Waals surface area contributed by atoms with Crippen LogP contribution in [-0.2, 0) is 0 Å². The maximum Gasteiger partial charge on any atom is 0.134 e. The van der Waals surface area contributed by atoms with Crippen LogP contribution in [0.25, 0.3) is 32.7 Å². The van der Waals surface area contributed by atoms with Gasteiger partial charge in [0.05, 0.1) is 30.1 Å². The van der Waals surface area contributed by atoms with Crippen molar-refractivity contribution in [2.75, 3.05) is 0 Å². The second-order valence-corrected chi connectivity index (χ2v) is 18.7. The third-order valence-corrected chi connectivity index (χ3v) is 13.3. The van der Waals surface area contributed by atoms with Crippen LogP contribution < -0.4 is 43.6 Å². The number of carbonyl (C=O) groups excluding carboxylic acids is 3. The predicted molar refractivity (Wildman–Crippen MR) is 255 cm³/mol. The number of hydrogen-bond acceptors (Lipinski definition) is 7. The minimum atomic E-state index is -1.36. The number of carboxylic acids is 2. The first kappa shape index (κ1) is 54.7. The van der Waals surface area contributed by atoms with Crippen molar-refractivity contribution >= 4 is 39.6 Å². The molecule has 5 fully saturated rings. The molecule has 0 spiro atoms. The van der Waals surface area contributed by atoms with Gasteiger partial charge in [0.15, 0.2) is 0 Å². The lowest BCUT2D eigenvalue weighted by Gasteiger charge is -2.23. The number of hydrogen-bond donors (Lipinski definition) is 5. The van der Waals surface area contributed by atoms with Crippen molar-refractivity contribution in [2.45, 2.75) is 191 Å². The molecule has 0 aliphatic heterocycles. The molecule has 9 rings (SSSR count). The molecule has 0 aromatic heterocycles. The van der Waals surface area contributed by atoms with Crippen LogP contribution in [0.15, 0.2) is 72.8 Å². The topological polar surface area (TPSA) is 273 Å². The van der Waals surface area contributed by atoms with Crippen LogP contribution in [-0.4, -0.2) is 53.7 Å². The van der Waals surface area contributed by atoms with Gasteiger partial charge in [-0.2, -0.15) is 0 Å². The largest absolute Gasteiger partial charge is 0.545 e. The van der Waals surface area contributed by atoms with Crippen LogP contribution in [0.5, 0.6) is 0 Å².